The number of carbonyl (C=O) groups is 1. The van der Waals surface area contributed by atoms with E-state index in [4.69, 9.17) is 5.11 Å². The molecule has 8 heteroatoms. The number of aliphatic carboxylic acids is 1. The van der Waals surface area contributed by atoms with Crippen LogP contribution in [0, 0.1) is 0 Å². The first-order chi connectivity index (χ1) is 11.4. The van der Waals surface area contributed by atoms with Gasteiger partial charge in [-0.15, -0.1) is 0 Å². The Morgan fingerprint density at radius 1 is 1.04 bits per heavy atom. The molecular formula is C16H15BrN2O4S. The van der Waals surface area contributed by atoms with Gasteiger partial charge in [0.1, 0.15) is 0 Å². The summed E-state index contributed by atoms with van der Waals surface area (Å²) in [7, 11) is -3.82. The van der Waals surface area contributed by atoms with Gasteiger partial charge >= 0.3 is 5.97 Å². The van der Waals surface area contributed by atoms with Crippen molar-refractivity contribution >= 4 is 37.6 Å². The monoisotopic (exact) mass is 410 g/mol. The fourth-order valence-corrected chi connectivity index (χ4v) is 3.00. The van der Waals surface area contributed by atoms with Crippen LogP contribution in [0.5, 0.6) is 0 Å². The molecule has 126 valence electrons. The Labute approximate surface area is 148 Å². The van der Waals surface area contributed by atoms with Crippen molar-refractivity contribution in [1.82, 2.24) is 4.83 Å². The topological polar surface area (TPSA) is 95.8 Å². The van der Waals surface area contributed by atoms with E-state index < -0.39 is 16.0 Å². The number of halogens is 1. The molecule has 2 aromatic carbocycles. The van der Waals surface area contributed by atoms with Gasteiger partial charge in [0.2, 0.25) is 0 Å². The Balaban J connectivity index is 2.25. The molecule has 2 aromatic rings. The lowest BCUT2D eigenvalue weighted by molar-refractivity contribution is -0.136. The van der Waals surface area contributed by atoms with Crippen molar-refractivity contribution in [2.75, 3.05) is 0 Å². The van der Waals surface area contributed by atoms with Gasteiger partial charge in [-0.25, -0.2) is 0 Å². The van der Waals surface area contributed by atoms with Crippen LogP contribution in [0.15, 0.2) is 69.1 Å². The lowest BCUT2D eigenvalue weighted by Crippen LogP contribution is -2.21. The van der Waals surface area contributed by atoms with Crippen LogP contribution in [0.2, 0.25) is 0 Å². The van der Waals surface area contributed by atoms with Gasteiger partial charge in [0.25, 0.3) is 10.0 Å². The molecule has 0 fully saturated rings. The molecule has 0 saturated carbocycles. The van der Waals surface area contributed by atoms with Crippen molar-refractivity contribution < 1.29 is 18.3 Å². The average Bonchev–Trinajstić information content (AvgIpc) is 2.56. The molecule has 0 heterocycles. The summed E-state index contributed by atoms with van der Waals surface area (Å²) in [6, 6.07) is 15.0. The molecule has 0 amide bonds. The van der Waals surface area contributed by atoms with Gasteiger partial charge in [0.05, 0.1) is 17.0 Å². The van der Waals surface area contributed by atoms with Crippen molar-refractivity contribution in [3.05, 3.63) is 64.6 Å². The van der Waals surface area contributed by atoms with E-state index in [2.05, 4.69) is 25.9 Å². The number of carboxylic acids is 1. The summed E-state index contributed by atoms with van der Waals surface area (Å²) in [6.45, 7) is 0. The molecule has 0 radical (unpaired) electrons. The molecule has 0 bridgehead atoms. The fraction of sp³-hybridized carbons (Fsp3) is 0.125. The van der Waals surface area contributed by atoms with E-state index in [9.17, 15) is 13.2 Å². The number of carboxylic acid groups (broad SMARTS) is 1. The van der Waals surface area contributed by atoms with Crippen LogP contribution in [-0.4, -0.2) is 25.2 Å². The van der Waals surface area contributed by atoms with E-state index in [0.29, 0.717) is 11.3 Å². The van der Waals surface area contributed by atoms with Crippen LogP contribution in [0.1, 0.15) is 18.4 Å². The lowest BCUT2D eigenvalue weighted by atomic mass is 10.1. The van der Waals surface area contributed by atoms with Crippen LogP contribution in [0.25, 0.3) is 0 Å². The highest BCUT2D eigenvalue weighted by Crippen LogP contribution is 2.15. The molecule has 0 unspecified atom stereocenters. The molecule has 0 aliphatic carbocycles. The van der Waals surface area contributed by atoms with Gasteiger partial charge in [0.15, 0.2) is 0 Å². The number of rotatable bonds is 7. The molecule has 0 aliphatic rings. The molecular weight excluding hydrogens is 396 g/mol. The fourth-order valence-electron chi connectivity index (χ4n) is 1.90. The second-order valence-electron chi connectivity index (χ2n) is 4.87. The van der Waals surface area contributed by atoms with E-state index in [1.807, 2.05) is 6.07 Å². The molecule has 6 nitrogen and oxygen atoms in total. The number of nitrogens with one attached hydrogen (secondary N) is 1. The first-order valence-corrected chi connectivity index (χ1v) is 9.27. The van der Waals surface area contributed by atoms with Gasteiger partial charge in [-0.05, 0) is 29.8 Å². The second kappa shape index (κ2) is 8.07. The summed E-state index contributed by atoms with van der Waals surface area (Å²) in [5.41, 5.74) is 1.02. The largest absolute Gasteiger partial charge is 0.481 e. The quantitative estimate of drug-likeness (QED) is 0.541. The van der Waals surface area contributed by atoms with E-state index in [1.54, 1.807) is 36.4 Å². The summed E-state index contributed by atoms with van der Waals surface area (Å²) in [4.78, 5) is 13.0. The van der Waals surface area contributed by atoms with Crippen LogP contribution in [0.3, 0.4) is 0 Å². The van der Waals surface area contributed by atoms with Gasteiger partial charge in [-0.2, -0.15) is 18.4 Å². The zero-order valence-corrected chi connectivity index (χ0v) is 14.9. The maximum Gasteiger partial charge on any atom is 0.303 e. The first-order valence-electron chi connectivity index (χ1n) is 6.99. The molecule has 0 aliphatic heterocycles. The molecule has 2 rings (SSSR count). The Hall–Kier alpha value is -2.19. The molecule has 0 atom stereocenters. The zero-order valence-electron chi connectivity index (χ0n) is 12.5. The number of sulfonamides is 1. The molecule has 2 N–H and O–H groups in total. The van der Waals surface area contributed by atoms with Crippen LogP contribution in [0.4, 0.5) is 0 Å². The minimum atomic E-state index is -3.82. The highest BCUT2D eigenvalue weighted by molar-refractivity contribution is 9.10. The summed E-state index contributed by atoms with van der Waals surface area (Å²) >= 11 is 3.24. The Kier molecular flexibility index (Phi) is 6.10. The number of hydrogen-bond donors (Lipinski definition) is 2. The number of benzene rings is 2. The van der Waals surface area contributed by atoms with E-state index in [1.165, 1.54) is 12.1 Å². The average molecular weight is 411 g/mol. The highest BCUT2D eigenvalue weighted by atomic mass is 79.9. The Morgan fingerprint density at radius 3 is 2.25 bits per heavy atom. The van der Waals surface area contributed by atoms with Crippen LogP contribution >= 0.6 is 15.9 Å². The normalized spacial score (nSPS) is 12.0. The third-order valence-electron chi connectivity index (χ3n) is 3.11. The van der Waals surface area contributed by atoms with Gasteiger partial charge < -0.3 is 5.11 Å². The molecule has 24 heavy (non-hydrogen) atoms. The molecule has 0 spiro atoms. The smallest absolute Gasteiger partial charge is 0.303 e. The van der Waals surface area contributed by atoms with Crippen LogP contribution in [-0.2, 0) is 14.8 Å². The third-order valence-corrected chi connectivity index (χ3v) is 4.86. The zero-order chi connectivity index (χ0) is 17.6. The number of nitrogens with zero attached hydrogens (tertiary/aromatic N) is 1. The van der Waals surface area contributed by atoms with Crippen molar-refractivity contribution in [1.29, 1.82) is 0 Å². The van der Waals surface area contributed by atoms with Crippen molar-refractivity contribution in [3.63, 3.8) is 0 Å². The first kappa shape index (κ1) is 18.2. The van der Waals surface area contributed by atoms with Crippen LogP contribution < -0.4 is 4.83 Å². The van der Waals surface area contributed by atoms with Gasteiger partial charge in [-0.1, -0.05) is 46.3 Å². The lowest BCUT2D eigenvalue weighted by Gasteiger charge is -2.08. The summed E-state index contributed by atoms with van der Waals surface area (Å²) in [6.07, 6.45) is -0.0318. The Bertz CT molecular complexity index is 834. The number of hydrazone groups is 1. The summed E-state index contributed by atoms with van der Waals surface area (Å²) < 4.78 is 25.3. The minimum absolute atomic E-state index is 0.0695. The standard InChI is InChI=1S/C16H15BrN2O4S/c17-13-6-8-14(9-7-13)24(22,23)19-18-15(10-11-16(20)21)12-4-2-1-3-5-12/h1-9,19H,10-11H2,(H,20,21). The summed E-state index contributed by atoms with van der Waals surface area (Å²) in [5.74, 6) is -0.977. The van der Waals surface area contributed by atoms with Crippen molar-refractivity contribution in [2.24, 2.45) is 5.10 Å². The molecule has 0 aromatic heterocycles. The van der Waals surface area contributed by atoms with Crippen molar-refractivity contribution in [2.45, 2.75) is 17.7 Å². The molecule has 0 saturated heterocycles. The Morgan fingerprint density at radius 2 is 1.67 bits per heavy atom. The predicted octanol–water partition coefficient (Wildman–Crippen LogP) is 3.00. The van der Waals surface area contributed by atoms with E-state index in [0.717, 1.165) is 4.47 Å². The third kappa shape index (κ3) is 5.17. The predicted molar refractivity (Wildman–Crippen MR) is 94.3 cm³/mol. The van der Waals surface area contributed by atoms with E-state index >= 15 is 0 Å². The van der Waals surface area contributed by atoms with Crippen molar-refractivity contribution in [3.8, 4) is 0 Å². The second-order valence-corrected chi connectivity index (χ2v) is 7.44. The van der Waals surface area contributed by atoms with E-state index in [-0.39, 0.29) is 17.7 Å². The van der Waals surface area contributed by atoms with Gasteiger partial charge in [0, 0.05) is 10.9 Å². The maximum atomic E-state index is 12.3. The summed E-state index contributed by atoms with van der Waals surface area (Å²) in [5, 5.41) is 12.8. The maximum absolute atomic E-state index is 12.3. The van der Waals surface area contributed by atoms with Gasteiger partial charge in [-0.3, -0.25) is 4.79 Å². The highest BCUT2D eigenvalue weighted by Gasteiger charge is 2.14. The number of hydrogen-bond acceptors (Lipinski definition) is 4. The minimum Gasteiger partial charge on any atom is -0.481 e. The SMILES string of the molecule is O=C(O)CCC(=NNS(=O)(=O)c1ccc(Br)cc1)c1ccccc1.